The van der Waals surface area contributed by atoms with Crippen LogP contribution in [0.15, 0.2) is 30.5 Å². The number of alkyl halides is 2. The Hall–Kier alpha value is -4.71. The largest absolute Gasteiger partial charge is 0.508 e. The summed E-state index contributed by atoms with van der Waals surface area (Å²) in [6.45, 7) is 2.77. The number of piperazine rings is 1. The van der Waals surface area contributed by atoms with Crippen molar-refractivity contribution in [3.63, 3.8) is 0 Å². The molecule has 0 amide bonds. The van der Waals surface area contributed by atoms with Crippen molar-refractivity contribution in [2.45, 2.75) is 43.7 Å². The maximum Gasteiger partial charge on any atom is 0.319 e. The number of benzene rings is 3. The van der Waals surface area contributed by atoms with Crippen LogP contribution in [0.2, 0.25) is 0 Å². The summed E-state index contributed by atoms with van der Waals surface area (Å²) in [5, 5.41) is 17.1. The van der Waals surface area contributed by atoms with Gasteiger partial charge in [0.2, 0.25) is 0 Å². The van der Waals surface area contributed by atoms with Crippen LogP contribution >= 0.6 is 0 Å². The molecule has 3 aliphatic rings. The van der Waals surface area contributed by atoms with Crippen molar-refractivity contribution in [3.8, 4) is 35.2 Å². The monoisotopic (exact) mass is 731 g/mol. The van der Waals surface area contributed by atoms with Crippen molar-refractivity contribution in [2.75, 3.05) is 65.5 Å². The predicted molar refractivity (Wildman–Crippen MR) is 195 cm³/mol. The number of hydrogen-bond acceptors (Lipinski definition) is 9. The molecule has 4 heterocycles. The molecule has 14 heteroatoms. The molecule has 53 heavy (non-hydrogen) atoms. The SMILES string of the molecule is C#Cc1c(F)ccc2cc(O)cc(-c3c(F)c4nc(OC[C@]5(CN(C)C)CC5(F)F)nc(N5[C@@H]6CC[C@H]5CN(CCCOC)C6)c4c4cn(C)nc34)c12. The maximum atomic E-state index is 17.7. The van der Waals surface area contributed by atoms with Crippen LogP contribution < -0.4 is 9.64 Å². The van der Waals surface area contributed by atoms with Crippen LogP contribution in [-0.4, -0.2) is 113 Å². The highest BCUT2D eigenvalue weighted by Gasteiger charge is 2.71. The molecule has 0 unspecified atom stereocenters. The molecule has 3 atom stereocenters. The normalized spacial score (nSPS) is 22.4. The first kappa shape index (κ1) is 35.3. The van der Waals surface area contributed by atoms with Gasteiger partial charge in [-0.3, -0.25) is 9.58 Å². The molecule has 2 aliphatic heterocycles. The molecule has 2 aromatic heterocycles. The van der Waals surface area contributed by atoms with Crippen LogP contribution in [-0.2, 0) is 11.8 Å². The van der Waals surface area contributed by atoms with Gasteiger partial charge in [-0.05, 0) is 62.5 Å². The highest BCUT2D eigenvalue weighted by molar-refractivity contribution is 6.18. The average Bonchev–Trinajstić information content (AvgIpc) is 3.29. The zero-order valence-electron chi connectivity index (χ0n) is 30.1. The Morgan fingerprint density at radius 3 is 2.47 bits per heavy atom. The first-order chi connectivity index (χ1) is 25.3. The molecule has 5 aromatic rings. The number of phenolic OH excluding ortho intramolecular Hbond substituents is 1. The molecule has 10 nitrogen and oxygen atoms in total. The van der Waals surface area contributed by atoms with Gasteiger partial charge in [0.25, 0.3) is 5.92 Å². The van der Waals surface area contributed by atoms with Crippen molar-refractivity contribution in [1.82, 2.24) is 29.5 Å². The Labute approximate surface area is 304 Å². The zero-order chi connectivity index (χ0) is 37.4. The number of halogens is 4. The van der Waals surface area contributed by atoms with E-state index in [1.807, 2.05) is 0 Å². The molecule has 8 rings (SSSR count). The van der Waals surface area contributed by atoms with Crippen LogP contribution in [0, 0.1) is 29.4 Å². The third-order valence-corrected chi connectivity index (χ3v) is 11.0. The molecule has 1 aliphatic carbocycles. The van der Waals surface area contributed by atoms with E-state index in [1.165, 1.54) is 24.3 Å². The summed E-state index contributed by atoms with van der Waals surface area (Å²) in [5.74, 6) is -1.77. The van der Waals surface area contributed by atoms with Gasteiger partial charge < -0.3 is 24.4 Å². The van der Waals surface area contributed by atoms with Gasteiger partial charge in [-0.25, -0.2) is 17.6 Å². The van der Waals surface area contributed by atoms with Crippen molar-refractivity contribution in [3.05, 3.63) is 47.7 Å². The molecule has 1 saturated carbocycles. The van der Waals surface area contributed by atoms with Gasteiger partial charge in [-0.1, -0.05) is 12.0 Å². The Morgan fingerprint density at radius 1 is 1.08 bits per heavy atom. The lowest BCUT2D eigenvalue weighted by atomic mass is 9.91. The van der Waals surface area contributed by atoms with E-state index in [0.29, 0.717) is 28.6 Å². The predicted octanol–water partition coefficient (Wildman–Crippen LogP) is 5.96. The van der Waals surface area contributed by atoms with Gasteiger partial charge in [-0.15, -0.1) is 6.42 Å². The highest BCUT2D eigenvalue weighted by atomic mass is 19.3. The minimum Gasteiger partial charge on any atom is -0.508 e. The number of phenols is 1. The molecule has 3 aromatic carbocycles. The van der Waals surface area contributed by atoms with Gasteiger partial charge in [0.1, 0.15) is 35.0 Å². The first-order valence-corrected chi connectivity index (χ1v) is 17.8. The first-order valence-electron chi connectivity index (χ1n) is 17.8. The standard InChI is InChI=1S/C39H41F4N7O3/c1-6-26-29(40)11-8-22-14-25(51)15-27(30(22)26)31-33(41)35-32(28-18-48(4)46-34(28)31)36(50-23-9-10-24(50)17-49(16-23)12-7-13-52-5)45-37(44-35)53-21-38(20-47(2)3)19-39(38,42)43/h1,8,11,14-15,18,23-24,51H,7,9-10,12-13,16-17,19-21H2,2-5H3/t23-,24+,38-/m1/s1. The average molecular weight is 732 g/mol. The molecular weight excluding hydrogens is 690 g/mol. The fourth-order valence-corrected chi connectivity index (χ4v) is 8.69. The van der Waals surface area contributed by atoms with Crippen LogP contribution in [0.5, 0.6) is 11.8 Å². The molecule has 2 bridgehead atoms. The molecule has 0 spiro atoms. The minimum absolute atomic E-state index is 0.0423. The maximum absolute atomic E-state index is 17.7. The van der Waals surface area contributed by atoms with Gasteiger partial charge in [0.05, 0.1) is 16.4 Å². The number of likely N-dealkylation sites (tertiary alicyclic amines) is 1. The van der Waals surface area contributed by atoms with Gasteiger partial charge in [0.15, 0.2) is 5.82 Å². The summed E-state index contributed by atoms with van der Waals surface area (Å²) in [4.78, 5) is 15.8. The minimum atomic E-state index is -2.93. The van der Waals surface area contributed by atoms with E-state index in [2.05, 4.69) is 25.8 Å². The summed E-state index contributed by atoms with van der Waals surface area (Å²) >= 11 is 0. The molecule has 278 valence electrons. The number of aromatic nitrogens is 4. The number of nitrogens with zero attached hydrogens (tertiary/aromatic N) is 7. The van der Waals surface area contributed by atoms with Crippen LogP contribution in [0.25, 0.3) is 43.7 Å². The number of terminal acetylenes is 1. The van der Waals surface area contributed by atoms with E-state index in [9.17, 15) is 13.9 Å². The number of ether oxygens (including phenoxy) is 2. The van der Waals surface area contributed by atoms with Crippen molar-refractivity contribution in [1.29, 1.82) is 0 Å². The lowest BCUT2D eigenvalue weighted by Crippen LogP contribution is -2.54. The van der Waals surface area contributed by atoms with E-state index in [-0.39, 0.29) is 76.5 Å². The third-order valence-electron chi connectivity index (χ3n) is 11.0. The van der Waals surface area contributed by atoms with E-state index >= 15 is 8.78 Å². The number of hydrogen-bond donors (Lipinski definition) is 1. The van der Waals surface area contributed by atoms with E-state index in [0.717, 1.165) is 38.9 Å². The van der Waals surface area contributed by atoms with E-state index in [1.54, 1.807) is 44.0 Å². The molecular formula is C39H41F4N7O3. The fraction of sp³-hybridized carbons (Fsp3) is 0.462. The number of fused-ring (bicyclic) bond motifs is 6. The summed E-state index contributed by atoms with van der Waals surface area (Å²) in [6, 6.07) is 5.30. The highest BCUT2D eigenvalue weighted by Crippen LogP contribution is 2.60. The van der Waals surface area contributed by atoms with Crippen molar-refractivity contribution in [2.24, 2.45) is 12.5 Å². The second-order valence-electron chi connectivity index (χ2n) is 15.1. The summed E-state index contributed by atoms with van der Waals surface area (Å²) < 4.78 is 75.4. The van der Waals surface area contributed by atoms with Crippen LogP contribution in [0.4, 0.5) is 23.4 Å². The number of anilines is 1. The van der Waals surface area contributed by atoms with Crippen LogP contribution in [0.3, 0.4) is 0 Å². The van der Waals surface area contributed by atoms with Crippen molar-refractivity contribution < 1.29 is 32.1 Å². The molecule has 2 saturated heterocycles. The zero-order valence-corrected chi connectivity index (χ0v) is 30.1. The van der Waals surface area contributed by atoms with Gasteiger partial charge in [-0.2, -0.15) is 15.1 Å². The van der Waals surface area contributed by atoms with Crippen molar-refractivity contribution >= 4 is 38.4 Å². The summed E-state index contributed by atoms with van der Waals surface area (Å²) in [6.07, 6.45) is 9.86. The number of rotatable bonds is 11. The lowest BCUT2D eigenvalue weighted by molar-refractivity contribution is 0.0288. The Bertz CT molecular complexity index is 2290. The summed E-state index contributed by atoms with van der Waals surface area (Å²) in [5.41, 5.74) is -1.31. The fourth-order valence-electron chi connectivity index (χ4n) is 8.69. The molecule has 3 fully saturated rings. The molecule has 0 radical (unpaired) electrons. The topological polar surface area (TPSA) is 92.0 Å². The number of aromatic hydroxyl groups is 1. The summed E-state index contributed by atoms with van der Waals surface area (Å²) in [7, 11) is 6.85. The Kier molecular flexibility index (Phi) is 8.66. The van der Waals surface area contributed by atoms with E-state index in [4.69, 9.17) is 20.9 Å². The third kappa shape index (κ3) is 5.89. The van der Waals surface area contributed by atoms with E-state index < -0.39 is 23.0 Å². The quantitative estimate of drug-likeness (QED) is 0.101. The number of methoxy groups -OCH3 is 1. The van der Waals surface area contributed by atoms with Gasteiger partial charge in [0, 0.05) is 88.0 Å². The van der Waals surface area contributed by atoms with Crippen LogP contribution in [0.1, 0.15) is 31.2 Å². The smallest absolute Gasteiger partial charge is 0.319 e. The Balaban J connectivity index is 1.35. The second kappa shape index (κ2) is 13.0. The Morgan fingerprint density at radius 2 is 1.81 bits per heavy atom. The number of aryl methyl sites for hydroxylation is 1. The lowest BCUT2D eigenvalue weighted by Gasteiger charge is -2.42. The second-order valence-corrected chi connectivity index (χ2v) is 15.1. The van der Waals surface area contributed by atoms with Gasteiger partial charge >= 0.3 is 6.01 Å². The molecule has 1 N–H and O–H groups in total.